The minimum atomic E-state index is 0.0566. The van der Waals surface area contributed by atoms with Crippen molar-refractivity contribution in [2.24, 2.45) is 5.92 Å². The number of para-hydroxylation sites is 2. The van der Waals surface area contributed by atoms with E-state index in [4.69, 9.17) is 9.47 Å². The number of hydrogen-bond acceptors (Lipinski definition) is 4. The molecule has 2 heterocycles. The highest BCUT2D eigenvalue weighted by Crippen LogP contribution is 2.31. The van der Waals surface area contributed by atoms with Crippen LogP contribution in [0.1, 0.15) is 24.8 Å². The number of ether oxygens (including phenoxy) is 2. The number of thiophene rings is 1. The van der Waals surface area contributed by atoms with Gasteiger partial charge in [-0.1, -0.05) is 32.0 Å². The van der Waals surface area contributed by atoms with Gasteiger partial charge in [0.15, 0.2) is 11.5 Å². The summed E-state index contributed by atoms with van der Waals surface area (Å²) in [5.41, 5.74) is 0. The lowest BCUT2D eigenvalue weighted by atomic mass is 10.0. The summed E-state index contributed by atoms with van der Waals surface area (Å²) < 4.78 is 11.8. The molecule has 1 aliphatic rings. The average molecular weight is 303 g/mol. The van der Waals surface area contributed by atoms with Crippen LogP contribution in [-0.4, -0.2) is 19.3 Å². The molecule has 0 fully saturated rings. The van der Waals surface area contributed by atoms with Crippen molar-refractivity contribution in [3.63, 3.8) is 0 Å². The minimum Gasteiger partial charge on any atom is -0.486 e. The second-order valence-electron chi connectivity index (χ2n) is 5.64. The molecule has 2 atom stereocenters. The minimum absolute atomic E-state index is 0.0566. The Balaban J connectivity index is 1.60. The van der Waals surface area contributed by atoms with Gasteiger partial charge in [-0.05, 0) is 29.5 Å². The van der Waals surface area contributed by atoms with Gasteiger partial charge in [-0.2, -0.15) is 0 Å². The Morgan fingerprint density at radius 1 is 1.19 bits per heavy atom. The van der Waals surface area contributed by atoms with Crippen LogP contribution < -0.4 is 14.8 Å². The van der Waals surface area contributed by atoms with E-state index in [9.17, 15) is 0 Å². The fourth-order valence-electron chi connectivity index (χ4n) is 2.56. The molecule has 1 aromatic heterocycles. The normalized spacial score (nSPS) is 18.7. The van der Waals surface area contributed by atoms with E-state index in [0.29, 0.717) is 18.6 Å². The zero-order valence-electron chi connectivity index (χ0n) is 12.4. The van der Waals surface area contributed by atoms with Crippen molar-refractivity contribution >= 4 is 11.3 Å². The third-order valence-electron chi connectivity index (χ3n) is 3.65. The SMILES string of the molecule is CC(C)C(NCC1COc2ccccc2O1)c1cccs1. The summed E-state index contributed by atoms with van der Waals surface area (Å²) in [6.07, 6.45) is 0.0566. The summed E-state index contributed by atoms with van der Waals surface area (Å²) in [4.78, 5) is 1.38. The molecule has 0 radical (unpaired) electrons. The van der Waals surface area contributed by atoms with Gasteiger partial charge >= 0.3 is 0 Å². The molecule has 3 rings (SSSR count). The number of hydrogen-bond donors (Lipinski definition) is 1. The summed E-state index contributed by atoms with van der Waals surface area (Å²) in [7, 11) is 0. The summed E-state index contributed by atoms with van der Waals surface area (Å²) in [6, 6.07) is 12.5. The van der Waals surface area contributed by atoms with Gasteiger partial charge in [0.05, 0.1) is 0 Å². The van der Waals surface area contributed by atoms with E-state index in [1.807, 2.05) is 24.3 Å². The summed E-state index contributed by atoms with van der Waals surface area (Å²) in [6.45, 7) is 5.87. The fourth-order valence-corrected chi connectivity index (χ4v) is 3.53. The lowest BCUT2D eigenvalue weighted by Crippen LogP contribution is -2.40. The van der Waals surface area contributed by atoms with E-state index in [2.05, 4.69) is 36.7 Å². The van der Waals surface area contributed by atoms with Gasteiger partial charge in [0.25, 0.3) is 0 Å². The predicted molar refractivity (Wildman–Crippen MR) is 86.3 cm³/mol. The number of fused-ring (bicyclic) bond motifs is 1. The Kier molecular flexibility index (Phi) is 4.46. The van der Waals surface area contributed by atoms with Crippen molar-refractivity contribution in [3.05, 3.63) is 46.7 Å². The second-order valence-corrected chi connectivity index (χ2v) is 6.62. The maximum atomic E-state index is 6.00. The van der Waals surface area contributed by atoms with Crippen molar-refractivity contribution < 1.29 is 9.47 Å². The summed E-state index contributed by atoms with van der Waals surface area (Å²) in [5.74, 6) is 2.22. The lowest BCUT2D eigenvalue weighted by Gasteiger charge is -2.29. The molecule has 2 aromatic rings. The van der Waals surface area contributed by atoms with E-state index >= 15 is 0 Å². The predicted octanol–water partition coefficient (Wildman–Crippen LogP) is 3.87. The van der Waals surface area contributed by atoms with E-state index in [1.54, 1.807) is 11.3 Å². The Bertz CT molecular complexity index is 568. The van der Waals surface area contributed by atoms with Gasteiger partial charge in [-0.3, -0.25) is 0 Å². The fraction of sp³-hybridized carbons (Fsp3) is 0.412. The molecule has 0 saturated heterocycles. The van der Waals surface area contributed by atoms with Crippen LogP contribution in [0, 0.1) is 5.92 Å². The molecular weight excluding hydrogens is 282 g/mol. The largest absolute Gasteiger partial charge is 0.486 e. The standard InChI is InChI=1S/C17H21NO2S/c1-12(2)17(16-8-5-9-21-16)18-10-13-11-19-14-6-3-4-7-15(14)20-13/h3-9,12-13,17-18H,10-11H2,1-2H3. The second kappa shape index (κ2) is 6.50. The number of benzene rings is 1. The van der Waals surface area contributed by atoms with Crippen molar-refractivity contribution in [1.29, 1.82) is 0 Å². The first kappa shape index (κ1) is 14.4. The Labute approximate surface area is 129 Å². The van der Waals surface area contributed by atoms with E-state index < -0.39 is 0 Å². The van der Waals surface area contributed by atoms with Crippen LogP contribution in [0.2, 0.25) is 0 Å². The van der Waals surface area contributed by atoms with Crippen LogP contribution in [0.15, 0.2) is 41.8 Å². The van der Waals surface area contributed by atoms with Crippen molar-refractivity contribution in [2.75, 3.05) is 13.2 Å². The topological polar surface area (TPSA) is 30.5 Å². The summed E-state index contributed by atoms with van der Waals surface area (Å²) in [5, 5.41) is 5.76. The highest BCUT2D eigenvalue weighted by Gasteiger charge is 2.23. The highest BCUT2D eigenvalue weighted by atomic mass is 32.1. The summed E-state index contributed by atoms with van der Waals surface area (Å²) >= 11 is 1.80. The quantitative estimate of drug-likeness (QED) is 0.909. The zero-order valence-corrected chi connectivity index (χ0v) is 13.2. The van der Waals surface area contributed by atoms with Gasteiger partial charge in [-0.15, -0.1) is 11.3 Å². The Morgan fingerprint density at radius 3 is 2.71 bits per heavy atom. The molecule has 0 aliphatic carbocycles. The van der Waals surface area contributed by atoms with Crippen LogP contribution in [0.25, 0.3) is 0 Å². The molecule has 1 aromatic carbocycles. The van der Waals surface area contributed by atoms with Gasteiger partial charge in [0.1, 0.15) is 12.7 Å². The van der Waals surface area contributed by atoms with E-state index in [1.165, 1.54) is 4.88 Å². The Morgan fingerprint density at radius 2 is 2.00 bits per heavy atom. The molecule has 1 aliphatic heterocycles. The molecule has 0 amide bonds. The molecule has 0 saturated carbocycles. The first-order valence-electron chi connectivity index (χ1n) is 7.39. The molecule has 4 heteroatoms. The first-order valence-corrected chi connectivity index (χ1v) is 8.27. The Hall–Kier alpha value is -1.52. The van der Waals surface area contributed by atoms with Gasteiger partial charge in [0.2, 0.25) is 0 Å². The van der Waals surface area contributed by atoms with Crippen LogP contribution in [-0.2, 0) is 0 Å². The third-order valence-corrected chi connectivity index (χ3v) is 4.60. The van der Waals surface area contributed by atoms with E-state index in [-0.39, 0.29) is 6.10 Å². The zero-order chi connectivity index (χ0) is 14.7. The van der Waals surface area contributed by atoms with E-state index in [0.717, 1.165) is 18.0 Å². The molecular formula is C17H21NO2S. The number of rotatable bonds is 5. The molecule has 3 nitrogen and oxygen atoms in total. The molecule has 2 unspecified atom stereocenters. The lowest BCUT2D eigenvalue weighted by molar-refractivity contribution is 0.0867. The maximum absolute atomic E-state index is 6.00. The smallest absolute Gasteiger partial charge is 0.161 e. The monoisotopic (exact) mass is 303 g/mol. The number of nitrogens with one attached hydrogen (secondary N) is 1. The molecule has 1 N–H and O–H groups in total. The maximum Gasteiger partial charge on any atom is 0.161 e. The molecule has 21 heavy (non-hydrogen) atoms. The third kappa shape index (κ3) is 3.39. The van der Waals surface area contributed by atoms with Gasteiger partial charge in [0, 0.05) is 17.5 Å². The van der Waals surface area contributed by atoms with Crippen molar-refractivity contribution in [3.8, 4) is 11.5 Å². The molecule has 0 spiro atoms. The van der Waals surface area contributed by atoms with Crippen LogP contribution in [0.5, 0.6) is 11.5 Å². The van der Waals surface area contributed by atoms with Gasteiger partial charge in [-0.25, -0.2) is 0 Å². The van der Waals surface area contributed by atoms with Crippen LogP contribution >= 0.6 is 11.3 Å². The van der Waals surface area contributed by atoms with Crippen molar-refractivity contribution in [1.82, 2.24) is 5.32 Å². The van der Waals surface area contributed by atoms with Crippen LogP contribution in [0.4, 0.5) is 0 Å². The first-order chi connectivity index (χ1) is 10.2. The molecule has 0 bridgehead atoms. The molecule has 112 valence electrons. The average Bonchev–Trinajstić information content (AvgIpc) is 3.01. The highest BCUT2D eigenvalue weighted by molar-refractivity contribution is 7.10. The van der Waals surface area contributed by atoms with Crippen molar-refractivity contribution in [2.45, 2.75) is 26.0 Å². The van der Waals surface area contributed by atoms with Crippen LogP contribution in [0.3, 0.4) is 0 Å². The van der Waals surface area contributed by atoms with Gasteiger partial charge < -0.3 is 14.8 Å².